The summed E-state index contributed by atoms with van der Waals surface area (Å²) in [5.74, 6) is 0.161. The average Bonchev–Trinajstić information content (AvgIpc) is 2.84. The standard InChI is InChI=1S/C30H29NO2/c1-22-12-16-26(17-13-22)30(33,27-18-14-23(2)15-19-27)29(20-24-8-4-3-5-9-24)31-21-25-10-6-7-11-28(25)32/h3-19,21,29,32-33H,20H2,1-2H3. The number of rotatable bonds is 7. The lowest BCUT2D eigenvalue weighted by Gasteiger charge is -2.35. The van der Waals surface area contributed by atoms with E-state index in [9.17, 15) is 10.2 Å². The molecule has 1 atom stereocenters. The minimum Gasteiger partial charge on any atom is -0.507 e. The van der Waals surface area contributed by atoms with E-state index >= 15 is 0 Å². The Morgan fingerprint density at radius 1 is 0.727 bits per heavy atom. The normalized spacial score (nSPS) is 12.7. The summed E-state index contributed by atoms with van der Waals surface area (Å²) in [5, 5.41) is 22.7. The van der Waals surface area contributed by atoms with Crippen molar-refractivity contribution >= 4 is 6.21 Å². The number of phenolic OH excluding ortho intramolecular Hbond substituents is 1. The summed E-state index contributed by atoms with van der Waals surface area (Å²) in [6.45, 7) is 4.07. The highest BCUT2D eigenvalue weighted by atomic mass is 16.3. The summed E-state index contributed by atoms with van der Waals surface area (Å²) in [7, 11) is 0. The van der Waals surface area contributed by atoms with E-state index < -0.39 is 11.6 Å². The molecule has 0 fully saturated rings. The Morgan fingerprint density at radius 2 is 1.24 bits per heavy atom. The molecule has 0 aliphatic carbocycles. The molecule has 0 amide bonds. The first-order valence-corrected chi connectivity index (χ1v) is 11.2. The van der Waals surface area contributed by atoms with Gasteiger partial charge in [-0.3, -0.25) is 4.99 Å². The van der Waals surface area contributed by atoms with Gasteiger partial charge in [0.05, 0.1) is 6.04 Å². The van der Waals surface area contributed by atoms with Crippen LogP contribution in [-0.2, 0) is 12.0 Å². The fraction of sp³-hybridized carbons (Fsp3) is 0.167. The predicted molar refractivity (Wildman–Crippen MR) is 135 cm³/mol. The molecule has 0 bridgehead atoms. The maximum Gasteiger partial charge on any atom is 0.137 e. The van der Waals surface area contributed by atoms with E-state index in [1.54, 1.807) is 18.3 Å². The highest BCUT2D eigenvalue weighted by Gasteiger charge is 2.40. The second kappa shape index (κ2) is 9.85. The lowest BCUT2D eigenvalue weighted by Crippen LogP contribution is -2.41. The second-order valence-electron chi connectivity index (χ2n) is 8.54. The first-order chi connectivity index (χ1) is 16.0. The first-order valence-electron chi connectivity index (χ1n) is 11.2. The van der Waals surface area contributed by atoms with Crippen LogP contribution in [0.1, 0.15) is 33.4 Å². The molecule has 33 heavy (non-hydrogen) atoms. The Bertz CT molecular complexity index is 1170. The van der Waals surface area contributed by atoms with Crippen LogP contribution in [0.15, 0.2) is 108 Å². The molecule has 0 heterocycles. The van der Waals surface area contributed by atoms with Crippen molar-refractivity contribution in [2.75, 3.05) is 0 Å². The van der Waals surface area contributed by atoms with Crippen molar-refractivity contribution in [3.63, 3.8) is 0 Å². The quantitative estimate of drug-likeness (QED) is 0.351. The van der Waals surface area contributed by atoms with Gasteiger partial charge in [-0.1, -0.05) is 102 Å². The molecule has 3 nitrogen and oxygen atoms in total. The molecule has 0 spiro atoms. The number of aliphatic imine (C=N–C) groups is 1. The molecule has 0 radical (unpaired) electrons. The topological polar surface area (TPSA) is 52.8 Å². The number of hydrogen-bond acceptors (Lipinski definition) is 3. The molecule has 4 aromatic carbocycles. The van der Waals surface area contributed by atoms with Gasteiger partial charge in [-0.05, 0) is 49.1 Å². The molecule has 166 valence electrons. The smallest absolute Gasteiger partial charge is 0.137 e. The van der Waals surface area contributed by atoms with Gasteiger partial charge in [0.25, 0.3) is 0 Å². The van der Waals surface area contributed by atoms with E-state index in [-0.39, 0.29) is 5.75 Å². The van der Waals surface area contributed by atoms with Gasteiger partial charge in [-0.15, -0.1) is 0 Å². The van der Waals surface area contributed by atoms with E-state index in [1.807, 2.05) is 105 Å². The molecule has 2 N–H and O–H groups in total. The van der Waals surface area contributed by atoms with Crippen LogP contribution >= 0.6 is 0 Å². The van der Waals surface area contributed by atoms with E-state index in [2.05, 4.69) is 0 Å². The number of aliphatic hydroxyl groups is 1. The van der Waals surface area contributed by atoms with E-state index in [1.165, 1.54) is 0 Å². The minimum atomic E-state index is -1.36. The van der Waals surface area contributed by atoms with Crippen molar-refractivity contribution in [2.45, 2.75) is 31.9 Å². The van der Waals surface area contributed by atoms with Gasteiger partial charge in [-0.25, -0.2) is 0 Å². The number of aryl methyl sites for hydroxylation is 2. The summed E-state index contributed by atoms with van der Waals surface area (Å²) < 4.78 is 0. The number of benzene rings is 4. The molecule has 1 unspecified atom stereocenters. The van der Waals surface area contributed by atoms with Gasteiger partial charge in [0.2, 0.25) is 0 Å². The third-order valence-corrected chi connectivity index (χ3v) is 6.07. The van der Waals surface area contributed by atoms with Gasteiger partial charge < -0.3 is 10.2 Å². The Hall–Kier alpha value is -3.69. The van der Waals surface area contributed by atoms with Crippen LogP contribution in [0.4, 0.5) is 0 Å². The van der Waals surface area contributed by atoms with Crippen molar-refractivity contribution in [3.05, 3.63) is 137 Å². The zero-order valence-electron chi connectivity index (χ0n) is 19.0. The Morgan fingerprint density at radius 3 is 1.79 bits per heavy atom. The minimum absolute atomic E-state index is 0.161. The van der Waals surface area contributed by atoms with Crippen LogP contribution in [0.3, 0.4) is 0 Å². The fourth-order valence-corrected chi connectivity index (χ4v) is 4.08. The zero-order valence-corrected chi connectivity index (χ0v) is 19.0. The summed E-state index contributed by atoms with van der Waals surface area (Å²) >= 11 is 0. The second-order valence-corrected chi connectivity index (χ2v) is 8.54. The maximum absolute atomic E-state index is 12.4. The van der Waals surface area contributed by atoms with Crippen LogP contribution in [0.5, 0.6) is 5.75 Å². The van der Waals surface area contributed by atoms with E-state index in [4.69, 9.17) is 4.99 Å². The molecule has 4 aromatic rings. The van der Waals surface area contributed by atoms with Gasteiger partial charge in [0.1, 0.15) is 11.4 Å². The van der Waals surface area contributed by atoms with Crippen molar-refractivity contribution < 1.29 is 10.2 Å². The van der Waals surface area contributed by atoms with E-state index in [0.29, 0.717) is 12.0 Å². The van der Waals surface area contributed by atoms with Crippen LogP contribution in [0.2, 0.25) is 0 Å². The summed E-state index contributed by atoms with van der Waals surface area (Å²) in [6, 6.07) is 32.6. The van der Waals surface area contributed by atoms with Crippen LogP contribution in [0, 0.1) is 13.8 Å². The molecule has 0 saturated heterocycles. The highest BCUT2D eigenvalue weighted by molar-refractivity contribution is 5.83. The highest BCUT2D eigenvalue weighted by Crippen LogP contribution is 2.37. The number of hydrogen-bond donors (Lipinski definition) is 2. The molecule has 0 aliphatic heterocycles. The maximum atomic E-state index is 12.4. The third kappa shape index (κ3) is 5.05. The summed E-state index contributed by atoms with van der Waals surface area (Å²) in [4.78, 5) is 4.88. The Kier molecular flexibility index (Phi) is 6.71. The Balaban J connectivity index is 1.87. The van der Waals surface area contributed by atoms with Crippen molar-refractivity contribution in [3.8, 4) is 5.75 Å². The monoisotopic (exact) mass is 435 g/mol. The van der Waals surface area contributed by atoms with Gasteiger partial charge in [0, 0.05) is 11.8 Å². The predicted octanol–water partition coefficient (Wildman–Crippen LogP) is 5.98. The lowest BCUT2D eigenvalue weighted by atomic mass is 9.77. The molecule has 0 aliphatic rings. The third-order valence-electron chi connectivity index (χ3n) is 6.07. The SMILES string of the molecule is Cc1ccc(C(O)(c2ccc(C)cc2)C(Cc2ccccc2)N=Cc2ccccc2O)cc1. The fourth-order valence-electron chi connectivity index (χ4n) is 4.08. The number of nitrogens with zero attached hydrogens (tertiary/aromatic N) is 1. The number of aromatic hydroxyl groups is 1. The Labute approximate surface area is 195 Å². The van der Waals surface area contributed by atoms with E-state index in [0.717, 1.165) is 27.8 Å². The van der Waals surface area contributed by atoms with Crippen molar-refractivity contribution in [1.82, 2.24) is 0 Å². The molecule has 0 aromatic heterocycles. The van der Waals surface area contributed by atoms with Crippen LogP contribution in [0.25, 0.3) is 0 Å². The molecular weight excluding hydrogens is 406 g/mol. The average molecular weight is 436 g/mol. The van der Waals surface area contributed by atoms with Crippen molar-refractivity contribution in [2.24, 2.45) is 4.99 Å². The number of para-hydroxylation sites is 1. The zero-order chi connectivity index (χ0) is 23.3. The van der Waals surface area contributed by atoms with Crippen LogP contribution < -0.4 is 0 Å². The summed E-state index contributed by atoms with van der Waals surface area (Å²) in [6.07, 6.45) is 2.19. The van der Waals surface area contributed by atoms with Gasteiger partial charge in [-0.2, -0.15) is 0 Å². The molecular formula is C30H29NO2. The lowest BCUT2D eigenvalue weighted by molar-refractivity contribution is 0.0527. The van der Waals surface area contributed by atoms with Crippen LogP contribution in [-0.4, -0.2) is 22.5 Å². The first kappa shape index (κ1) is 22.5. The summed E-state index contributed by atoms with van der Waals surface area (Å²) in [5.41, 5.74) is 4.16. The van der Waals surface area contributed by atoms with Gasteiger partial charge >= 0.3 is 0 Å². The van der Waals surface area contributed by atoms with Crippen molar-refractivity contribution in [1.29, 1.82) is 0 Å². The molecule has 0 saturated carbocycles. The number of phenols is 1. The molecule has 4 rings (SSSR count). The van der Waals surface area contributed by atoms with Gasteiger partial charge in [0.15, 0.2) is 0 Å². The molecule has 3 heteroatoms. The largest absolute Gasteiger partial charge is 0.507 e.